The Balaban J connectivity index is 1.46. The number of ether oxygens (including phenoxy) is 1. The van der Waals surface area contributed by atoms with Crippen molar-refractivity contribution in [1.29, 1.82) is 0 Å². The molecule has 0 spiro atoms. The molecule has 1 aliphatic carbocycles. The molecule has 0 radical (unpaired) electrons. The van der Waals surface area contributed by atoms with Crippen LogP contribution in [-0.4, -0.2) is 46.8 Å². The van der Waals surface area contributed by atoms with Crippen LogP contribution in [-0.2, 0) is 14.3 Å². The monoisotopic (exact) mass is 353 g/mol. The predicted molar refractivity (Wildman–Crippen MR) is 89.6 cm³/mol. The maximum atomic E-state index is 12.1. The number of hydrogen-bond donors (Lipinski definition) is 3. The van der Waals surface area contributed by atoms with E-state index in [1.165, 1.54) is 11.3 Å². The number of amides is 2. The fourth-order valence-corrected chi connectivity index (χ4v) is 3.63. The van der Waals surface area contributed by atoms with Gasteiger partial charge in [-0.3, -0.25) is 9.59 Å². The summed E-state index contributed by atoms with van der Waals surface area (Å²) < 4.78 is 5.83. The van der Waals surface area contributed by atoms with E-state index < -0.39 is 6.10 Å². The highest BCUT2D eigenvalue weighted by Gasteiger charge is 2.35. The minimum atomic E-state index is -0.458. The van der Waals surface area contributed by atoms with Gasteiger partial charge in [0.05, 0.1) is 25.2 Å². The summed E-state index contributed by atoms with van der Waals surface area (Å²) >= 11 is 1.36. The van der Waals surface area contributed by atoms with E-state index in [0.29, 0.717) is 18.0 Å². The summed E-state index contributed by atoms with van der Waals surface area (Å²) in [4.78, 5) is 28.1. The lowest BCUT2D eigenvalue weighted by atomic mass is 9.84. The Kier molecular flexibility index (Phi) is 5.80. The molecule has 0 aromatic carbocycles. The van der Waals surface area contributed by atoms with E-state index in [1.54, 1.807) is 11.6 Å². The van der Waals surface area contributed by atoms with Crippen molar-refractivity contribution in [1.82, 2.24) is 10.3 Å². The molecule has 2 fully saturated rings. The van der Waals surface area contributed by atoms with E-state index in [1.807, 2.05) is 0 Å². The van der Waals surface area contributed by atoms with Crippen molar-refractivity contribution in [2.75, 3.05) is 11.9 Å². The zero-order chi connectivity index (χ0) is 16.9. The van der Waals surface area contributed by atoms with Gasteiger partial charge in [0, 0.05) is 17.5 Å². The molecule has 0 unspecified atom stereocenters. The number of carbonyl (C=O) groups excluding carboxylic acids is 2. The van der Waals surface area contributed by atoms with Gasteiger partial charge in [0.1, 0.15) is 6.10 Å². The second-order valence-electron chi connectivity index (χ2n) is 6.39. The van der Waals surface area contributed by atoms with E-state index >= 15 is 0 Å². The SMILES string of the molecule is O=C(C[C@@H]1CC[C@@H](NC(=O)C2CCC2)[C@H](CO)O1)Nc1nccs1. The average molecular weight is 353 g/mol. The highest BCUT2D eigenvalue weighted by molar-refractivity contribution is 7.13. The molecule has 2 heterocycles. The van der Waals surface area contributed by atoms with Gasteiger partial charge in [-0.15, -0.1) is 11.3 Å². The highest BCUT2D eigenvalue weighted by Crippen LogP contribution is 2.28. The molecule has 1 saturated heterocycles. The minimum Gasteiger partial charge on any atom is -0.394 e. The number of thiazole rings is 1. The van der Waals surface area contributed by atoms with Gasteiger partial charge in [-0.25, -0.2) is 4.98 Å². The van der Waals surface area contributed by atoms with Crippen LogP contribution in [0.25, 0.3) is 0 Å². The normalized spacial score (nSPS) is 27.3. The van der Waals surface area contributed by atoms with Crippen molar-refractivity contribution in [3.63, 3.8) is 0 Å². The van der Waals surface area contributed by atoms with E-state index in [-0.39, 0.29) is 42.9 Å². The number of hydrogen-bond acceptors (Lipinski definition) is 6. The Hall–Kier alpha value is -1.51. The molecular formula is C16H23N3O4S. The summed E-state index contributed by atoms with van der Waals surface area (Å²) in [7, 11) is 0. The van der Waals surface area contributed by atoms with Crippen LogP contribution in [0.2, 0.25) is 0 Å². The number of carbonyl (C=O) groups is 2. The fraction of sp³-hybridized carbons (Fsp3) is 0.688. The molecule has 1 saturated carbocycles. The predicted octanol–water partition coefficient (Wildman–Crippen LogP) is 1.30. The molecule has 3 atom stereocenters. The molecule has 1 aromatic rings. The molecule has 1 aliphatic heterocycles. The molecule has 2 amide bonds. The van der Waals surface area contributed by atoms with Crippen molar-refractivity contribution in [3.8, 4) is 0 Å². The van der Waals surface area contributed by atoms with Crippen molar-refractivity contribution >= 4 is 28.3 Å². The fourth-order valence-electron chi connectivity index (χ4n) is 3.08. The van der Waals surface area contributed by atoms with Gasteiger partial charge in [-0.2, -0.15) is 0 Å². The standard InChI is InChI=1S/C16H23N3O4S/c20-9-13-12(18-15(22)10-2-1-3-10)5-4-11(23-13)8-14(21)19-16-17-6-7-24-16/h6-7,10-13,20H,1-5,8-9H2,(H,18,22)(H,17,19,21)/t11-,12+,13-/m0/s1. The summed E-state index contributed by atoms with van der Waals surface area (Å²) in [5.74, 6) is 0.0306. The summed E-state index contributed by atoms with van der Waals surface area (Å²) in [6.45, 7) is -0.166. The van der Waals surface area contributed by atoms with Gasteiger partial charge < -0.3 is 20.5 Å². The number of nitrogens with zero attached hydrogens (tertiary/aromatic N) is 1. The summed E-state index contributed by atoms with van der Waals surface area (Å²) in [5.41, 5.74) is 0. The quantitative estimate of drug-likeness (QED) is 0.716. The largest absolute Gasteiger partial charge is 0.394 e. The van der Waals surface area contributed by atoms with Gasteiger partial charge in [-0.1, -0.05) is 6.42 Å². The maximum absolute atomic E-state index is 12.1. The van der Waals surface area contributed by atoms with Gasteiger partial charge in [0.25, 0.3) is 0 Å². The van der Waals surface area contributed by atoms with Crippen LogP contribution in [0.3, 0.4) is 0 Å². The van der Waals surface area contributed by atoms with E-state index in [2.05, 4.69) is 15.6 Å². The topological polar surface area (TPSA) is 101 Å². The number of aliphatic hydroxyl groups is 1. The van der Waals surface area contributed by atoms with Crippen LogP contribution in [0.15, 0.2) is 11.6 Å². The second-order valence-corrected chi connectivity index (χ2v) is 7.28. The van der Waals surface area contributed by atoms with Crippen LogP contribution in [0.5, 0.6) is 0 Å². The first-order valence-corrected chi connectivity index (χ1v) is 9.29. The lowest BCUT2D eigenvalue weighted by molar-refractivity contribution is -0.137. The molecule has 3 rings (SSSR count). The van der Waals surface area contributed by atoms with Crippen molar-refractivity contribution in [2.45, 2.75) is 56.8 Å². The zero-order valence-corrected chi connectivity index (χ0v) is 14.3. The van der Waals surface area contributed by atoms with Crippen molar-refractivity contribution < 1.29 is 19.4 Å². The molecule has 132 valence electrons. The Bertz CT molecular complexity index is 562. The third-order valence-corrected chi connectivity index (χ3v) is 5.38. The Labute approximate surface area is 144 Å². The molecule has 24 heavy (non-hydrogen) atoms. The lowest BCUT2D eigenvalue weighted by Crippen LogP contribution is -2.53. The van der Waals surface area contributed by atoms with Gasteiger partial charge in [-0.05, 0) is 25.7 Å². The molecular weight excluding hydrogens is 330 g/mol. The Morgan fingerprint density at radius 2 is 2.17 bits per heavy atom. The Morgan fingerprint density at radius 3 is 2.79 bits per heavy atom. The number of anilines is 1. The molecule has 0 bridgehead atoms. The van der Waals surface area contributed by atoms with Crippen molar-refractivity contribution in [3.05, 3.63) is 11.6 Å². The zero-order valence-electron chi connectivity index (χ0n) is 13.4. The first-order valence-electron chi connectivity index (χ1n) is 8.41. The molecule has 2 aliphatic rings. The van der Waals surface area contributed by atoms with Crippen LogP contribution >= 0.6 is 11.3 Å². The lowest BCUT2D eigenvalue weighted by Gasteiger charge is -2.37. The number of aromatic nitrogens is 1. The van der Waals surface area contributed by atoms with Crippen LogP contribution < -0.4 is 10.6 Å². The van der Waals surface area contributed by atoms with Crippen LogP contribution in [0.4, 0.5) is 5.13 Å². The molecule has 7 nitrogen and oxygen atoms in total. The summed E-state index contributed by atoms with van der Waals surface area (Å²) in [6.07, 6.45) is 5.54. The number of rotatable bonds is 6. The number of aliphatic hydroxyl groups excluding tert-OH is 1. The third kappa shape index (κ3) is 4.31. The molecule has 3 N–H and O–H groups in total. The second kappa shape index (κ2) is 8.04. The van der Waals surface area contributed by atoms with Crippen LogP contribution in [0.1, 0.15) is 38.5 Å². The molecule has 1 aromatic heterocycles. The summed E-state index contributed by atoms with van der Waals surface area (Å²) in [6, 6.07) is -0.179. The van der Waals surface area contributed by atoms with Crippen molar-refractivity contribution in [2.24, 2.45) is 5.92 Å². The first-order chi connectivity index (χ1) is 11.7. The average Bonchev–Trinajstić information content (AvgIpc) is 2.99. The summed E-state index contributed by atoms with van der Waals surface area (Å²) in [5, 5.41) is 17.7. The highest BCUT2D eigenvalue weighted by atomic mass is 32.1. The smallest absolute Gasteiger partial charge is 0.228 e. The van der Waals surface area contributed by atoms with Gasteiger partial charge in [0.2, 0.25) is 11.8 Å². The van der Waals surface area contributed by atoms with Gasteiger partial charge in [0.15, 0.2) is 5.13 Å². The minimum absolute atomic E-state index is 0.0632. The first kappa shape index (κ1) is 17.3. The maximum Gasteiger partial charge on any atom is 0.228 e. The van der Waals surface area contributed by atoms with E-state index in [4.69, 9.17) is 4.74 Å². The van der Waals surface area contributed by atoms with E-state index in [9.17, 15) is 14.7 Å². The van der Waals surface area contributed by atoms with Crippen LogP contribution in [0, 0.1) is 5.92 Å². The number of nitrogens with one attached hydrogen (secondary N) is 2. The third-order valence-electron chi connectivity index (χ3n) is 4.69. The van der Waals surface area contributed by atoms with Gasteiger partial charge >= 0.3 is 0 Å². The molecule has 8 heteroatoms. The Morgan fingerprint density at radius 1 is 1.33 bits per heavy atom. The van der Waals surface area contributed by atoms with E-state index in [0.717, 1.165) is 19.3 Å².